The Morgan fingerprint density at radius 1 is 1.42 bits per heavy atom. The first kappa shape index (κ1) is 13.9. The molecule has 0 heterocycles. The van der Waals surface area contributed by atoms with Gasteiger partial charge in [-0.3, -0.25) is 4.79 Å². The number of nitrogens with two attached hydrogens (primary N) is 1. The molecule has 0 aliphatic rings. The summed E-state index contributed by atoms with van der Waals surface area (Å²) in [6.07, 6.45) is 2.95. The van der Waals surface area contributed by atoms with Crippen LogP contribution in [0.25, 0.3) is 0 Å². The van der Waals surface area contributed by atoms with Crippen LogP contribution in [0.4, 0.5) is 0 Å². The van der Waals surface area contributed by atoms with E-state index >= 15 is 0 Å². The van der Waals surface area contributed by atoms with E-state index in [4.69, 9.17) is 5.73 Å². The van der Waals surface area contributed by atoms with E-state index in [-0.39, 0.29) is 0 Å². The molecule has 0 aromatic heterocycles. The Labute approximate surface area is 74.9 Å². The number of unbranched alkanes of at least 4 members (excludes halogenated alkanes) is 1. The van der Waals surface area contributed by atoms with Crippen LogP contribution in [0.5, 0.6) is 0 Å². The highest BCUT2D eigenvalue weighted by Crippen LogP contribution is 1.79. The van der Waals surface area contributed by atoms with Crippen LogP contribution in [-0.4, -0.2) is 33.1 Å². The molecule has 4 heteroatoms. The highest BCUT2D eigenvalue weighted by molar-refractivity contribution is 5.45. The second kappa shape index (κ2) is 16.8. The zero-order valence-corrected chi connectivity index (χ0v) is 8.10. The van der Waals surface area contributed by atoms with E-state index in [1.165, 1.54) is 0 Å². The lowest BCUT2D eigenvalue weighted by Gasteiger charge is -1.90. The number of likely N-dealkylation sites (N-methyl/N-ethyl adjacent to an activating group) is 1. The minimum atomic E-state index is 0.732. The summed E-state index contributed by atoms with van der Waals surface area (Å²) in [6.45, 7) is 4.56. The third-order valence-corrected chi connectivity index (χ3v) is 1.15. The molecule has 0 bridgehead atoms. The van der Waals surface area contributed by atoms with E-state index in [1.807, 2.05) is 7.05 Å². The van der Waals surface area contributed by atoms with Crippen molar-refractivity contribution in [2.45, 2.75) is 19.8 Å². The minimum absolute atomic E-state index is 0.732. The number of amides is 1. The van der Waals surface area contributed by atoms with Crippen molar-refractivity contribution in [2.75, 3.05) is 26.7 Å². The molecule has 4 nitrogen and oxygen atoms in total. The molecule has 0 rings (SSSR count). The van der Waals surface area contributed by atoms with Gasteiger partial charge >= 0.3 is 0 Å². The first-order valence-corrected chi connectivity index (χ1v) is 4.35. The van der Waals surface area contributed by atoms with Crippen LogP contribution >= 0.6 is 0 Å². The van der Waals surface area contributed by atoms with Gasteiger partial charge in [-0.1, -0.05) is 13.3 Å². The average molecular weight is 175 g/mol. The Balaban J connectivity index is 0. The maximum atomic E-state index is 9.57. The second-order valence-corrected chi connectivity index (χ2v) is 2.32. The van der Waals surface area contributed by atoms with Crippen molar-refractivity contribution in [3.05, 3.63) is 0 Å². The molecule has 0 aliphatic heterocycles. The van der Waals surface area contributed by atoms with E-state index in [2.05, 4.69) is 17.6 Å². The minimum Gasteiger partial charge on any atom is -0.359 e. The summed E-state index contributed by atoms with van der Waals surface area (Å²) in [6, 6.07) is 0. The molecule has 0 radical (unpaired) electrons. The molecular formula is C8H21N3O. The summed E-state index contributed by atoms with van der Waals surface area (Å²) in [5.41, 5.74) is 5.08. The van der Waals surface area contributed by atoms with Crippen molar-refractivity contribution >= 4 is 6.41 Å². The molecule has 74 valence electrons. The highest BCUT2D eigenvalue weighted by Gasteiger charge is 1.76. The molecular weight excluding hydrogens is 154 g/mol. The van der Waals surface area contributed by atoms with Crippen molar-refractivity contribution in [3.8, 4) is 0 Å². The lowest BCUT2D eigenvalue weighted by molar-refractivity contribution is -0.109. The fraction of sp³-hybridized carbons (Fsp3) is 0.875. The molecule has 0 saturated carbocycles. The normalized spacial score (nSPS) is 8.25. The lowest BCUT2D eigenvalue weighted by atomic mass is 10.3. The molecule has 4 N–H and O–H groups in total. The Bertz CT molecular complexity index is 76.7. The van der Waals surface area contributed by atoms with E-state index in [1.54, 1.807) is 0 Å². The summed E-state index contributed by atoms with van der Waals surface area (Å²) in [5.74, 6) is 0. The second-order valence-electron chi connectivity index (χ2n) is 2.32. The summed E-state index contributed by atoms with van der Waals surface area (Å²) in [5, 5.41) is 5.46. The number of hydrogen-bond acceptors (Lipinski definition) is 3. The molecule has 0 aromatic carbocycles. The van der Waals surface area contributed by atoms with Gasteiger partial charge in [0.1, 0.15) is 0 Å². The lowest BCUT2D eigenvalue weighted by Crippen LogP contribution is -2.17. The van der Waals surface area contributed by atoms with Crippen molar-refractivity contribution in [3.63, 3.8) is 0 Å². The third kappa shape index (κ3) is 22.8. The topological polar surface area (TPSA) is 67.2 Å². The number of hydrogen-bond donors (Lipinski definition) is 3. The van der Waals surface area contributed by atoms with Crippen molar-refractivity contribution in [2.24, 2.45) is 5.73 Å². The maximum absolute atomic E-state index is 9.57. The fourth-order valence-electron chi connectivity index (χ4n) is 0.482. The first-order valence-electron chi connectivity index (χ1n) is 4.35. The van der Waals surface area contributed by atoms with E-state index in [0.29, 0.717) is 0 Å². The number of nitrogens with one attached hydrogen (secondary N) is 2. The van der Waals surface area contributed by atoms with Gasteiger partial charge in [0.15, 0.2) is 0 Å². The predicted octanol–water partition coefficient (Wildman–Crippen LogP) is -0.303. The molecule has 0 fully saturated rings. The molecule has 0 unspecified atom stereocenters. The van der Waals surface area contributed by atoms with Crippen LogP contribution in [0.15, 0.2) is 0 Å². The van der Waals surface area contributed by atoms with Gasteiger partial charge in [-0.15, -0.1) is 0 Å². The van der Waals surface area contributed by atoms with Gasteiger partial charge in [0, 0.05) is 19.6 Å². The van der Waals surface area contributed by atoms with Crippen molar-refractivity contribution in [1.29, 1.82) is 0 Å². The molecule has 1 amide bonds. The smallest absolute Gasteiger partial charge is 0.207 e. The van der Waals surface area contributed by atoms with Gasteiger partial charge in [-0.25, -0.2) is 0 Å². The third-order valence-electron chi connectivity index (χ3n) is 1.15. The van der Waals surface area contributed by atoms with E-state index in [9.17, 15) is 4.79 Å². The van der Waals surface area contributed by atoms with Crippen LogP contribution in [0.1, 0.15) is 19.8 Å². The molecule has 0 atom stereocenters. The Kier molecular flexibility index (Phi) is 19.5. The quantitative estimate of drug-likeness (QED) is 0.383. The maximum Gasteiger partial charge on any atom is 0.207 e. The van der Waals surface area contributed by atoms with Crippen LogP contribution in [0.3, 0.4) is 0 Å². The van der Waals surface area contributed by atoms with Gasteiger partial charge < -0.3 is 16.4 Å². The first-order chi connectivity index (χ1) is 5.83. The van der Waals surface area contributed by atoms with Crippen LogP contribution in [-0.2, 0) is 4.79 Å². The predicted molar refractivity (Wildman–Crippen MR) is 52.0 cm³/mol. The van der Waals surface area contributed by atoms with Crippen molar-refractivity contribution in [1.82, 2.24) is 10.6 Å². The molecule has 0 aromatic rings. The Morgan fingerprint density at radius 3 is 2.33 bits per heavy atom. The summed E-state index contributed by atoms with van der Waals surface area (Å²) < 4.78 is 0. The number of carbonyl (C=O) groups excluding carboxylic acids is 1. The summed E-state index contributed by atoms with van der Waals surface area (Å²) in [4.78, 5) is 9.57. The van der Waals surface area contributed by atoms with Crippen LogP contribution < -0.4 is 16.4 Å². The van der Waals surface area contributed by atoms with Gasteiger partial charge in [0.2, 0.25) is 6.41 Å². The largest absolute Gasteiger partial charge is 0.359 e. The zero-order chi connectivity index (χ0) is 9.66. The fourth-order valence-corrected chi connectivity index (χ4v) is 0.482. The van der Waals surface area contributed by atoms with E-state index in [0.717, 1.165) is 38.9 Å². The number of carbonyl (C=O) groups is 1. The van der Waals surface area contributed by atoms with Gasteiger partial charge in [0.25, 0.3) is 0 Å². The summed E-state index contributed by atoms with van der Waals surface area (Å²) in [7, 11) is 1.88. The Morgan fingerprint density at radius 2 is 2.08 bits per heavy atom. The molecule has 0 aliphatic carbocycles. The zero-order valence-electron chi connectivity index (χ0n) is 8.10. The average Bonchev–Trinajstić information content (AvgIpc) is 2.08. The molecule has 0 saturated heterocycles. The highest BCUT2D eigenvalue weighted by atomic mass is 16.1. The van der Waals surface area contributed by atoms with Crippen LogP contribution in [0, 0.1) is 0 Å². The SMILES string of the molecule is CCCCNC=O.CNCCN. The standard InChI is InChI=1S/C5H11NO.C3H10N2/c1-2-3-4-6-5-7;1-5-3-2-4/h5H,2-4H2,1H3,(H,6,7);5H,2-4H2,1H3. The van der Waals surface area contributed by atoms with Crippen LogP contribution in [0.2, 0.25) is 0 Å². The Hall–Kier alpha value is -0.610. The van der Waals surface area contributed by atoms with E-state index < -0.39 is 0 Å². The molecule has 12 heavy (non-hydrogen) atoms. The summed E-state index contributed by atoms with van der Waals surface area (Å²) >= 11 is 0. The van der Waals surface area contributed by atoms with Gasteiger partial charge in [-0.05, 0) is 13.5 Å². The molecule has 0 spiro atoms. The van der Waals surface area contributed by atoms with Gasteiger partial charge in [-0.2, -0.15) is 0 Å². The number of rotatable bonds is 6. The van der Waals surface area contributed by atoms with Gasteiger partial charge in [0.05, 0.1) is 0 Å². The van der Waals surface area contributed by atoms with Crippen molar-refractivity contribution < 1.29 is 4.79 Å². The monoisotopic (exact) mass is 175 g/mol.